The zero-order valence-corrected chi connectivity index (χ0v) is 17.4. The summed E-state index contributed by atoms with van der Waals surface area (Å²) in [5.74, 6) is -0.880. The maximum atomic E-state index is 12.9. The number of carbonyl (C=O) groups is 2. The molecule has 0 aromatic carbocycles. The largest absolute Gasteiger partial charge is 0.365 e. The van der Waals surface area contributed by atoms with Gasteiger partial charge in [0.2, 0.25) is 5.91 Å². The molecule has 0 spiro atoms. The summed E-state index contributed by atoms with van der Waals surface area (Å²) in [5, 5.41) is 3.96. The van der Waals surface area contributed by atoms with E-state index in [1.54, 1.807) is 11.3 Å². The highest BCUT2D eigenvalue weighted by atomic mass is 32.1. The van der Waals surface area contributed by atoms with E-state index in [2.05, 4.69) is 10.3 Å². The van der Waals surface area contributed by atoms with Gasteiger partial charge in [0.05, 0.1) is 17.3 Å². The number of aryl methyl sites for hydroxylation is 3. The molecule has 3 aromatic rings. The summed E-state index contributed by atoms with van der Waals surface area (Å²) in [5.41, 5.74) is 7.91. The van der Waals surface area contributed by atoms with E-state index in [4.69, 9.17) is 5.73 Å². The number of nitrogens with zero attached hydrogens (tertiary/aromatic N) is 2. The average molecular weight is 429 g/mol. The second-order valence-corrected chi connectivity index (χ2v) is 9.73. The Morgan fingerprint density at radius 3 is 2.62 bits per heavy atom. The molecule has 5 rings (SSSR count). The zero-order chi connectivity index (χ0) is 20.1. The number of rotatable bonds is 4. The minimum absolute atomic E-state index is 0.146. The summed E-state index contributed by atoms with van der Waals surface area (Å²) in [6, 6.07) is 0. The van der Waals surface area contributed by atoms with Crippen molar-refractivity contribution in [1.29, 1.82) is 0 Å². The van der Waals surface area contributed by atoms with Crippen LogP contribution in [0.15, 0.2) is 11.1 Å². The van der Waals surface area contributed by atoms with Crippen LogP contribution in [0.5, 0.6) is 0 Å². The second-order valence-electron chi connectivity index (χ2n) is 7.54. The number of primary amides is 1. The van der Waals surface area contributed by atoms with Crippen molar-refractivity contribution in [3.8, 4) is 0 Å². The standard InChI is InChI=1S/C20H20N4O3S2/c21-17(26)15-10-4-1-2-6-12(10)29-19(15)23-14(25)8-24-9-22-18-16(20(24)27)11-5-3-7-13(11)28-18/h9H,1-8H2,(H2,21,26)(H,23,25). The maximum absolute atomic E-state index is 12.9. The molecule has 150 valence electrons. The van der Waals surface area contributed by atoms with Gasteiger partial charge in [0.25, 0.3) is 11.5 Å². The molecular weight excluding hydrogens is 408 g/mol. The molecule has 29 heavy (non-hydrogen) atoms. The van der Waals surface area contributed by atoms with Crippen molar-refractivity contribution in [1.82, 2.24) is 9.55 Å². The first-order valence-electron chi connectivity index (χ1n) is 9.77. The highest BCUT2D eigenvalue weighted by Crippen LogP contribution is 2.38. The topological polar surface area (TPSA) is 107 Å². The number of amides is 2. The van der Waals surface area contributed by atoms with Gasteiger partial charge in [0, 0.05) is 9.75 Å². The number of anilines is 1. The van der Waals surface area contributed by atoms with Crippen LogP contribution in [0.25, 0.3) is 10.2 Å². The fraction of sp³-hybridized carbons (Fsp3) is 0.400. The Hall–Kier alpha value is -2.52. The molecular formula is C20H20N4O3S2. The first-order valence-corrected chi connectivity index (χ1v) is 11.4. The van der Waals surface area contributed by atoms with Gasteiger partial charge in [0.1, 0.15) is 16.4 Å². The van der Waals surface area contributed by atoms with E-state index >= 15 is 0 Å². The van der Waals surface area contributed by atoms with Crippen molar-refractivity contribution in [3.63, 3.8) is 0 Å². The number of thiophene rings is 2. The quantitative estimate of drug-likeness (QED) is 0.666. The third-order valence-corrected chi connectivity index (χ3v) is 8.08. The van der Waals surface area contributed by atoms with E-state index < -0.39 is 5.91 Å². The molecule has 0 atom stereocenters. The van der Waals surface area contributed by atoms with Gasteiger partial charge in [-0.05, 0) is 56.1 Å². The zero-order valence-electron chi connectivity index (χ0n) is 15.7. The third-order valence-electron chi connectivity index (χ3n) is 5.68. The van der Waals surface area contributed by atoms with Crippen LogP contribution < -0.4 is 16.6 Å². The molecule has 2 aliphatic rings. The summed E-state index contributed by atoms with van der Waals surface area (Å²) in [7, 11) is 0. The normalized spacial score (nSPS) is 15.3. The van der Waals surface area contributed by atoms with E-state index in [1.165, 1.54) is 27.1 Å². The SMILES string of the molecule is NC(=O)c1c(NC(=O)Cn2cnc3sc4c(c3c2=O)CCC4)sc2c1CCCC2. The van der Waals surface area contributed by atoms with E-state index in [0.29, 0.717) is 16.0 Å². The lowest BCUT2D eigenvalue weighted by molar-refractivity contribution is -0.116. The lowest BCUT2D eigenvalue weighted by Gasteiger charge is -2.11. The molecule has 0 bridgehead atoms. The number of aromatic nitrogens is 2. The van der Waals surface area contributed by atoms with Gasteiger partial charge in [-0.15, -0.1) is 22.7 Å². The van der Waals surface area contributed by atoms with Gasteiger partial charge in [0.15, 0.2) is 0 Å². The van der Waals surface area contributed by atoms with Crippen LogP contribution in [0.3, 0.4) is 0 Å². The van der Waals surface area contributed by atoms with Crippen molar-refractivity contribution >= 4 is 49.7 Å². The van der Waals surface area contributed by atoms with Crippen molar-refractivity contribution in [2.75, 3.05) is 5.32 Å². The van der Waals surface area contributed by atoms with Crippen LogP contribution in [0.2, 0.25) is 0 Å². The smallest absolute Gasteiger partial charge is 0.262 e. The lowest BCUT2D eigenvalue weighted by atomic mass is 9.95. The molecule has 3 N–H and O–H groups in total. The van der Waals surface area contributed by atoms with Crippen LogP contribution in [-0.2, 0) is 37.0 Å². The van der Waals surface area contributed by atoms with Crippen molar-refractivity contribution in [2.45, 2.75) is 51.5 Å². The number of hydrogen-bond donors (Lipinski definition) is 2. The Bertz CT molecular complexity index is 1220. The van der Waals surface area contributed by atoms with Crippen LogP contribution >= 0.6 is 22.7 Å². The van der Waals surface area contributed by atoms with Gasteiger partial charge in [-0.3, -0.25) is 19.0 Å². The highest BCUT2D eigenvalue weighted by molar-refractivity contribution is 7.18. The molecule has 2 amide bonds. The van der Waals surface area contributed by atoms with Gasteiger partial charge < -0.3 is 11.1 Å². The molecule has 0 fully saturated rings. The molecule has 7 nitrogen and oxygen atoms in total. The van der Waals surface area contributed by atoms with E-state index in [1.807, 2.05) is 0 Å². The summed E-state index contributed by atoms with van der Waals surface area (Å²) in [6.45, 7) is -0.146. The monoisotopic (exact) mass is 428 g/mol. The fourth-order valence-corrected chi connectivity index (χ4v) is 6.90. The first kappa shape index (κ1) is 18.5. The predicted molar refractivity (Wildman–Crippen MR) is 114 cm³/mol. The van der Waals surface area contributed by atoms with Gasteiger partial charge >= 0.3 is 0 Å². The Labute approximate surface area is 174 Å². The Morgan fingerprint density at radius 1 is 1.07 bits per heavy atom. The summed E-state index contributed by atoms with van der Waals surface area (Å²) in [6.07, 6.45) is 8.19. The molecule has 0 radical (unpaired) electrons. The van der Waals surface area contributed by atoms with E-state index in [9.17, 15) is 14.4 Å². The fourth-order valence-electron chi connectivity index (χ4n) is 4.37. The lowest BCUT2D eigenvalue weighted by Crippen LogP contribution is -2.28. The van der Waals surface area contributed by atoms with Gasteiger partial charge in [-0.2, -0.15) is 0 Å². The van der Waals surface area contributed by atoms with Gasteiger partial charge in [-0.25, -0.2) is 4.98 Å². The number of nitrogens with one attached hydrogen (secondary N) is 1. The number of carbonyl (C=O) groups excluding carboxylic acids is 2. The number of hydrogen-bond acceptors (Lipinski definition) is 6. The predicted octanol–water partition coefficient (Wildman–Crippen LogP) is 2.62. The van der Waals surface area contributed by atoms with Crippen molar-refractivity contribution in [3.05, 3.63) is 43.1 Å². The van der Waals surface area contributed by atoms with Crippen LogP contribution in [-0.4, -0.2) is 21.4 Å². The Morgan fingerprint density at radius 2 is 1.79 bits per heavy atom. The summed E-state index contributed by atoms with van der Waals surface area (Å²) >= 11 is 3.00. The minimum atomic E-state index is -0.520. The summed E-state index contributed by atoms with van der Waals surface area (Å²) in [4.78, 5) is 45.1. The van der Waals surface area contributed by atoms with E-state index in [-0.39, 0.29) is 18.0 Å². The van der Waals surface area contributed by atoms with Crippen molar-refractivity contribution < 1.29 is 9.59 Å². The molecule has 0 unspecified atom stereocenters. The van der Waals surface area contributed by atoms with E-state index in [0.717, 1.165) is 65.8 Å². The molecule has 3 heterocycles. The molecule has 3 aromatic heterocycles. The van der Waals surface area contributed by atoms with Crippen LogP contribution in [0.4, 0.5) is 5.00 Å². The molecule has 0 saturated carbocycles. The maximum Gasteiger partial charge on any atom is 0.262 e. The Kier molecular flexibility index (Phi) is 4.51. The first-order chi connectivity index (χ1) is 14.0. The molecule has 9 heteroatoms. The summed E-state index contributed by atoms with van der Waals surface area (Å²) < 4.78 is 1.35. The van der Waals surface area contributed by atoms with Crippen molar-refractivity contribution in [2.24, 2.45) is 5.73 Å². The second kappa shape index (κ2) is 7.07. The number of nitrogens with two attached hydrogens (primary N) is 1. The minimum Gasteiger partial charge on any atom is -0.365 e. The molecule has 2 aliphatic carbocycles. The van der Waals surface area contributed by atoms with Gasteiger partial charge in [-0.1, -0.05) is 0 Å². The highest BCUT2D eigenvalue weighted by Gasteiger charge is 2.26. The van der Waals surface area contributed by atoms with Crippen LogP contribution in [0.1, 0.15) is 50.5 Å². The Balaban J connectivity index is 1.43. The molecule has 0 saturated heterocycles. The third kappa shape index (κ3) is 3.08. The average Bonchev–Trinajstić information content (AvgIpc) is 3.35. The number of fused-ring (bicyclic) bond motifs is 4. The van der Waals surface area contributed by atoms with Crippen LogP contribution in [0, 0.1) is 0 Å². The molecule has 0 aliphatic heterocycles.